The summed E-state index contributed by atoms with van der Waals surface area (Å²) in [6.07, 6.45) is 7.52. The summed E-state index contributed by atoms with van der Waals surface area (Å²) in [6.45, 7) is 16.2. The van der Waals surface area contributed by atoms with Crippen molar-refractivity contribution in [3.63, 3.8) is 0 Å². The Morgan fingerprint density at radius 1 is 1.14 bits per heavy atom. The van der Waals surface area contributed by atoms with Gasteiger partial charge < -0.3 is 24.0 Å². The molecule has 1 atom stereocenters. The van der Waals surface area contributed by atoms with E-state index in [1.165, 1.54) is 17.7 Å². The van der Waals surface area contributed by atoms with Crippen molar-refractivity contribution in [3.05, 3.63) is 59.3 Å². The van der Waals surface area contributed by atoms with Crippen LogP contribution in [0.3, 0.4) is 0 Å². The van der Waals surface area contributed by atoms with Crippen LogP contribution < -0.4 is 0 Å². The standard InChI is InChI=1S/C33H44FN5O3/c1-21(2)36(7)31(40)27-13-26(34)8-9-28(27)39-20-25(30-22(3)14-35-15-29(30)39)12-24-17-37(18-24)16-23-10-11-38(19-23)32(41)42-33(4,5)6/h8-9,13-15,20-21,23-24H,10-12,16-19H2,1-7H3. The van der Waals surface area contributed by atoms with Crippen LogP contribution in [-0.2, 0) is 11.2 Å². The molecule has 9 heteroatoms. The molecule has 2 fully saturated rings. The third-order valence-corrected chi connectivity index (χ3v) is 8.52. The number of halogens is 1. The van der Waals surface area contributed by atoms with Gasteiger partial charge in [0, 0.05) is 63.6 Å². The second kappa shape index (κ2) is 11.7. The molecule has 0 saturated carbocycles. The monoisotopic (exact) mass is 577 g/mol. The molecule has 3 aromatic rings. The van der Waals surface area contributed by atoms with Crippen LogP contribution in [0.2, 0.25) is 0 Å². The van der Waals surface area contributed by atoms with E-state index in [1.807, 2.05) is 56.5 Å². The van der Waals surface area contributed by atoms with Gasteiger partial charge in [0.15, 0.2) is 0 Å². The molecular weight excluding hydrogens is 533 g/mol. The van der Waals surface area contributed by atoms with Crippen LogP contribution in [0, 0.1) is 24.6 Å². The minimum Gasteiger partial charge on any atom is -0.444 e. The Hall–Kier alpha value is -3.46. The summed E-state index contributed by atoms with van der Waals surface area (Å²) in [5.74, 6) is 0.333. The molecule has 4 heterocycles. The van der Waals surface area contributed by atoms with Crippen LogP contribution in [0.1, 0.15) is 62.5 Å². The van der Waals surface area contributed by atoms with E-state index < -0.39 is 11.4 Å². The predicted molar refractivity (Wildman–Crippen MR) is 163 cm³/mol. The van der Waals surface area contributed by atoms with Crippen molar-refractivity contribution >= 4 is 22.9 Å². The lowest BCUT2D eigenvalue weighted by Gasteiger charge is -2.40. The first-order valence-electron chi connectivity index (χ1n) is 15.0. The fourth-order valence-corrected chi connectivity index (χ4v) is 6.21. The molecule has 1 aromatic carbocycles. The SMILES string of the molecule is Cc1cncc2c1c(CC1CN(CC3CCN(C(=O)OC(C)(C)C)C3)C1)cn2-c1ccc(F)cc1C(=O)N(C)C(C)C. The third kappa shape index (κ3) is 6.31. The van der Waals surface area contributed by atoms with Crippen LogP contribution in [0.25, 0.3) is 16.6 Å². The smallest absolute Gasteiger partial charge is 0.410 e. The van der Waals surface area contributed by atoms with Gasteiger partial charge in [-0.1, -0.05) is 0 Å². The Labute approximate surface area is 248 Å². The zero-order chi connectivity index (χ0) is 30.3. The Kier molecular flexibility index (Phi) is 8.34. The molecule has 5 rings (SSSR count). The Balaban J connectivity index is 1.30. The van der Waals surface area contributed by atoms with Gasteiger partial charge in [0.1, 0.15) is 11.4 Å². The Bertz CT molecular complexity index is 1470. The highest BCUT2D eigenvalue weighted by atomic mass is 19.1. The van der Waals surface area contributed by atoms with E-state index in [-0.39, 0.29) is 18.0 Å². The number of aryl methyl sites for hydroxylation is 1. The first-order valence-corrected chi connectivity index (χ1v) is 15.0. The summed E-state index contributed by atoms with van der Waals surface area (Å²) in [4.78, 5) is 36.2. The highest BCUT2D eigenvalue weighted by Crippen LogP contribution is 2.33. The number of likely N-dealkylation sites (tertiary alicyclic amines) is 2. The number of aromatic nitrogens is 2. The van der Waals surface area contributed by atoms with E-state index in [9.17, 15) is 14.0 Å². The van der Waals surface area contributed by atoms with Gasteiger partial charge in [-0.05, 0) is 95.5 Å². The quantitative estimate of drug-likeness (QED) is 0.361. The highest BCUT2D eigenvalue weighted by Gasteiger charge is 2.34. The molecule has 0 radical (unpaired) electrons. The summed E-state index contributed by atoms with van der Waals surface area (Å²) in [7, 11) is 1.75. The third-order valence-electron chi connectivity index (χ3n) is 8.52. The largest absolute Gasteiger partial charge is 0.444 e. The average molecular weight is 578 g/mol. The van der Waals surface area contributed by atoms with Gasteiger partial charge in [-0.15, -0.1) is 0 Å². The lowest BCUT2D eigenvalue weighted by Crippen LogP contribution is -2.49. The molecule has 0 spiro atoms. The van der Waals surface area contributed by atoms with E-state index in [2.05, 4.69) is 23.0 Å². The molecule has 42 heavy (non-hydrogen) atoms. The van der Waals surface area contributed by atoms with Crippen molar-refractivity contribution in [1.29, 1.82) is 0 Å². The predicted octanol–water partition coefficient (Wildman–Crippen LogP) is 5.68. The molecule has 226 valence electrons. The number of pyridine rings is 1. The summed E-state index contributed by atoms with van der Waals surface area (Å²) < 4.78 is 21.9. The van der Waals surface area contributed by atoms with Crippen molar-refractivity contribution in [3.8, 4) is 5.69 Å². The van der Waals surface area contributed by atoms with E-state index >= 15 is 0 Å². The van der Waals surface area contributed by atoms with Gasteiger partial charge in [-0.2, -0.15) is 0 Å². The Morgan fingerprint density at radius 2 is 1.88 bits per heavy atom. The molecule has 2 saturated heterocycles. The number of fused-ring (bicyclic) bond motifs is 1. The van der Waals surface area contributed by atoms with E-state index in [0.717, 1.165) is 62.0 Å². The second-order valence-electron chi connectivity index (χ2n) is 13.4. The number of nitrogens with zero attached hydrogens (tertiary/aromatic N) is 5. The number of hydrogen-bond donors (Lipinski definition) is 0. The highest BCUT2D eigenvalue weighted by molar-refractivity contribution is 5.99. The normalized spacial score (nSPS) is 18.1. The van der Waals surface area contributed by atoms with Crippen molar-refractivity contribution in [2.75, 3.05) is 39.8 Å². The molecular formula is C33H44FN5O3. The molecule has 1 unspecified atom stereocenters. The van der Waals surface area contributed by atoms with Gasteiger partial charge in [0.05, 0.1) is 23.0 Å². The van der Waals surface area contributed by atoms with Gasteiger partial charge in [0.2, 0.25) is 0 Å². The van der Waals surface area contributed by atoms with E-state index in [1.54, 1.807) is 18.0 Å². The number of carbonyl (C=O) groups is 2. The molecule has 0 N–H and O–H groups in total. The van der Waals surface area contributed by atoms with Gasteiger partial charge in [0.25, 0.3) is 5.91 Å². The number of hydrogen-bond acceptors (Lipinski definition) is 5. The van der Waals surface area contributed by atoms with Gasteiger partial charge in [-0.25, -0.2) is 9.18 Å². The minimum atomic E-state index is -0.477. The minimum absolute atomic E-state index is 0.0133. The number of amides is 2. The summed E-state index contributed by atoms with van der Waals surface area (Å²) in [5, 5.41) is 1.15. The molecule has 2 aliphatic heterocycles. The van der Waals surface area contributed by atoms with Crippen molar-refractivity contribution in [2.24, 2.45) is 11.8 Å². The summed E-state index contributed by atoms with van der Waals surface area (Å²) in [5.41, 5.74) is 3.73. The van der Waals surface area contributed by atoms with Gasteiger partial charge >= 0.3 is 6.09 Å². The van der Waals surface area contributed by atoms with Crippen LogP contribution in [0.4, 0.5) is 9.18 Å². The van der Waals surface area contributed by atoms with Crippen molar-refractivity contribution < 1.29 is 18.7 Å². The first-order chi connectivity index (χ1) is 19.8. The van der Waals surface area contributed by atoms with Crippen molar-refractivity contribution in [2.45, 2.75) is 66.0 Å². The van der Waals surface area contributed by atoms with Crippen LogP contribution in [0.5, 0.6) is 0 Å². The number of ether oxygens (including phenoxy) is 1. The number of benzene rings is 1. The van der Waals surface area contributed by atoms with Crippen LogP contribution >= 0.6 is 0 Å². The topological polar surface area (TPSA) is 70.9 Å². The summed E-state index contributed by atoms with van der Waals surface area (Å²) in [6, 6.07) is 4.42. The molecule has 2 aromatic heterocycles. The summed E-state index contributed by atoms with van der Waals surface area (Å²) >= 11 is 0. The van der Waals surface area contributed by atoms with Gasteiger partial charge in [-0.3, -0.25) is 9.78 Å². The maximum atomic E-state index is 14.4. The lowest BCUT2D eigenvalue weighted by molar-refractivity contribution is 0.0275. The first kappa shape index (κ1) is 30.0. The molecule has 2 aliphatic rings. The fourth-order valence-electron chi connectivity index (χ4n) is 6.21. The lowest BCUT2D eigenvalue weighted by atomic mass is 9.90. The number of carbonyl (C=O) groups excluding carboxylic acids is 2. The van der Waals surface area contributed by atoms with E-state index in [4.69, 9.17) is 4.74 Å². The molecule has 0 bridgehead atoms. The maximum Gasteiger partial charge on any atom is 0.410 e. The second-order valence-corrected chi connectivity index (χ2v) is 13.4. The average Bonchev–Trinajstić information content (AvgIpc) is 3.51. The zero-order valence-corrected chi connectivity index (χ0v) is 26.0. The maximum absolute atomic E-state index is 14.4. The zero-order valence-electron chi connectivity index (χ0n) is 26.0. The number of rotatable bonds is 7. The van der Waals surface area contributed by atoms with E-state index in [0.29, 0.717) is 23.1 Å². The molecule has 8 nitrogen and oxygen atoms in total. The molecule has 0 aliphatic carbocycles. The molecule has 2 amide bonds. The van der Waals surface area contributed by atoms with Crippen LogP contribution in [-0.4, -0.2) is 87.7 Å². The Morgan fingerprint density at radius 3 is 2.57 bits per heavy atom. The van der Waals surface area contributed by atoms with Crippen molar-refractivity contribution in [1.82, 2.24) is 24.3 Å². The van der Waals surface area contributed by atoms with Crippen LogP contribution in [0.15, 0.2) is 36.8 Å². The fraction of sp³-hybridized carbons (Fsp3) is 0.545.